The van der Waals surface area contributed by atoms with Crippen LogP contribution in [-0.4, -0.2) is 49.2 Å². The second kappa shape index (κ2) is 12.4. The van der Waals surface area contributed by atoms with E-state index in [0.29, 0.717) is 32.3 Å². The molecule has 0 spiro atoms. The van der Waals surface area contributed by atoms with Gasteiger partial charge in [-0.2, -0.15) is 0 Å². The number of rotatable bonds is 5. The second-order valence-electron chi connectivity index (χ2n) is 5.93. The number of carbonyl (C=O) groups is 1. The molecule has 146 valence electrons. The molecule has 8 heteroatoms. The first-order valence-corrected chi connectivity index (χ1v) is 9.62. The van der Waals surface area contributed by atoms with Crippen LogP contribution < -0.4 is 10.6 Å². The van der Waals surface area contributed by atoms with Gasteiger partial charge >= 0.3 is 6.09 Å². The Morgan fingerprint density at radius 1 is 1.27 bits per heavy atom. The van der Waals surface area contributed by atoms with Crippen LogP contribution in [0, 0.1) is 0 Å². The molecule has 1 aromatic rings. The molecule has 26 heavy (non-hydrogen) atoms. The molecule has 0 atom stereocenters. The molecule has 0 aliphatic carbocycles. The van der Waals surface area contributed by atoms with E-state index in [1.54, 1.807) is 4.90 Å². The van der Waals surface area contributed by atoms with Crippen molar-refractivity contribution in [3.63, 3.8) is 0 Å². The highest BCUT2D eigenvalue weighted by Crippen LogP contribution is 2.13. The zero-order valence-corrected chi connectivity index (χ0v) is 19.2. The second-order valence-corrected chi connectivity index (χ2v) is 6.84. The standard InChI is InChI=1S/C18H27BrN4O2.HI/c1-3-20-17(21-13-14-5-7-15(19)8-6-14)22-16-9-11-23(12-10-16)18(24)25-4-2;/h5-8,16H,3-4,9-13H2,1-2H3,(H2,20,21,22);1H. The predicted molar refractivity (Wildman–Crippen MR) is 119 cm³/mol. The molecule has 2 N–H and O–H groups in total. The Morgan fingerprint density at radius 2 is 1.92 bits per heavy atom. The lowest BCUT2D eigenvalue weighted by Gasteiger charge is -2.32. The molecule has 1 aromatic carbocycles. The van der Waals surface area contributed by atoms with Gasteiger partial charge in [0.05, 0.1) is 13.2 Å². The van der Waals surface area contributed by atoms with Crippen LogP contribution >= 0.6 is 39.9 Å². The molecule has 0 saturated carbocycles. The number of amides is 1. The van der Waals surface area contributed by atoms with Gasteiger partial charge < -0.3 is 20.3 Å². The monoisotopic (exact) mass is 538 g/mol. The van der Waals surface area contributed by atoms with Crippen molar-refractivity contribution in [2.45, 2.75) is 39.3 Å². The van der Waals surface area contributed by atoms with Crippen molar-refractivity contribution in [3.05, 3.63) is 34.3 Å². The van der Waals surface area contributed by atoms with Crippen molar-refractivity contribution < 1.29 is 9.53 Å². The molecule has 0 aromatic heterocycles. The van der Waals surface area contributed by atoms with Gasteiger partial charge in [-0.05, 0) is 44.4 Å². The summed E-state index contributed by atoms with van der Waals surface area (Å²) >= 11 is 3.44. The van der Waals surface area contributed by atoms with Crippen LogP contribution in [-0.2, 0) is 11.3 Å². The van der Waals surface area contributed by atoms with Crippen molar-refractivity contribution >= 4 is 52.0 Å². The van der Waals surface area contributed by atoms with E-state index in [4.69, 9.17) is 4.74 Å². The summed E-state index contributed by atoms with van der Waals surface area (Å²) in [6, 6.07) is 8.49. The molecule has 1 fully saturated rings. The molecular formula is C18H28BrIN4O2. The Bertz CT molecular complexity index is 575. The first-order valence-electron chi connectivity index (χ1n) is 8.83. The van der Waals surface area contributed by atoms with E-state index in [2.05, 4.69) is 50.6 Å². The summed E-state index contributed by atoms with van der Waals surface area (Å²) in [5.74, 6) is 0.819. The molecular weight excluding hydrogens is 511 g/mol. The van der Waals surface area contributed by atoms with Gasteiger partial charge in [-0.3, -0.25) is 0 Å². The fourth-order valence-electron chi connectivity index (χ4n) is 2.69. The van der Waals surface area contributed by atoms with E-state index in [1.165, 1.54) is 0 Å². The summed E-state index contributed by atoms with van der Waals surface area (Å²) in [4.78, 5) is 18.2. The van der Waals surface area contributed by atoms with Gasteiger partial charge in [0.25, 0.3) is 0 Å². The van der Waals surface area contributed by atoms with E-state index in [-0.39, 0.29) is 30.1 Å². The van der Waals surface area contributed by atoms with Crippen LogP contribution in [0.25, 0.3) is 0 Å². The maximum Gasteiger partial charge on any atom is 0.409 e. The maximum absolute atomic E-state index is 11.8. The number of ether oxygens (including phenoxy) is 1. The Labute approximate surface area is 181 Å². The average Bonchev–Trinajstić information content (AvgIpc) is 2.62. The van der Waals surface area contributed by atoms with E-state index >= 15 is 0 Å². The van der Waals surface area contributed by atoms with Crippen LogP contribution in [0.2, 0.25) is 0 Å². The molecule has 1 saturated heterocycles. The van der Waals surface area contributed by atoms with Crippen molar-refractivity contribution in [3.8, 4) is 0 Å². The maximum atomic E-state index is 11.8. The lowest BCUT2D eigenvalue weighted by molar-refractivity contribution is 0.0963. The number of nitrogens with one attached hydrogen (secondary N) is 2. The fourth-order valence-corrected chi connectivity index (χ4v) is 2.96. The molecule has 1 amide bonds. The van der Waals surface area contributed by atoms with Gasteiger partial charge in [-0.25, -0.2) is 9.79 Å². The normalized spacial score (nSPS) is 15.2. The van der Waals surface area contributed by atoms with Gasteiger partial charge in [0, 0.05) is 30.1 Å². The quantitative estimate of drug-likeness (QED) is 0.340. The molecule has 1 aliphatic rings. The molecule has 1 heterocycles. The third-order valence-corrected chi connectivity index (χ3v) is 4.57. The summed E-state index contributed by atoms with van der Waals surface area (Å²) in [5, 5.41) is 6.77. The molecule has 0 radical (unpaired) electrons. The number of nitrogens with zero attached hydrogens (tertiary/aromatic N) is 2. The highest BCUT2D eigenvalue weighted by Gasteiger charge is 2.23. The fraction of sp³-hybridized carbons (Fsp3) is 0.556. The summed E-state index contributed by atoms with van der Waals surface area (Å²) < 4.78 is 6.13. The molecule has 0 bridgehead atoms. The van der Waals surface area contributed by atoms with Gasteiger partial charge in [0.1, 0.15) is 0 Å². The lowest BCUT2D eigenvalue weighted by atomic mass is 10.1. The number of halogens is 2. The highest BCUT2D eigenvalue weighted by atomic mass is 127. The number of benzene rings is 1. The molecule has 2 rings (SSSR count). The summed E-state index contributed by atoms with van der Waals surface area (Å²) in [6.45, 7) is 7.17. The van der Waals surface area contributed by atoms with Crippen LogP contribution in [0.4, 0.5) is 4.79 Å². The number of aliphatic imine (C=N–C) groups is 1. The third-order valence-electron chi connectivity index (χ3n) is 4.04. The van der Waals surface area contributed by atoms with E-state index in [0.717, 1.165) is 35.4 Å². The number of likely N-dealkylation sites (tertiary alicyclic amines) is 1. The van der Waals surface area contributed by atoms with Crippen LogP contribution in [0.3, 0.4) is 0 Å². The molecule has 6 nitrogen and oxygen atoms in total. The summed E-state index contributed by atoms with van der Waals surface area (Å²) in [6.07, 6.45) is 1.57. The summed E-state index contributed by atoms with van der Waals surface area (Å²) in [5.41, 5.74) is 1.16. The van der Waals surface area contributed by atoms with Crippen LogP contribution in [0.5, 0.6) is 0 Å². The van der Waals surface area contributed by atoms with Crippen molar-refractivity contribution in [1.29, 1.82) is 0 Å². The van der Waals surface area contributed by atoms with Gasteiger partial charge in [0.15, 0.2) is 5.96 Å². The topological polar surface area (TPSA) is 66.0 Å². The van der Waals surface area contributed by atoms with Crippen molar-refractivity contribution in [2.75, 3.05) is 26.2 Å². The zero-order valence-electron chi connectivity index (χ0n) is 15.3. The lowest BCUT2D eigenvalue weighted by Crippen LogP contribution is -2.49. The first-order chi connectivity index (χ1) is 12.1. The number of hydrogen-bond acceptors (Lipinski definition) is 3. The highest BCUT2D eigenvalue weighted by molar-refractivity contribution is 14.0. The minimum absolute atomic E-state index is 0. The van der Waals surface area contributed by atoms with Crippen molar-refractivity contribution in [1.82, 2.24) is 15.5 Å². The number of guanidine groups is 1. The van der Waals surface area contributed by atoms with Gasteiger partial charge in [-0.1, -0.05) is 28.1 Å². The van der Waals surface area contributed by atoms with Crippen LogP contribution in [0.15, 0.2) is 33.7 Å². The largest absolute Gasteiger partial charge is 0.450 e. The number of hydrogen-bond donors (Lipinski definition) is 2. The number of carbonyl (C=O) groups excluding carboxylic acids is 1. The first kappa shape index (κ1) is 23.0. The number of piperidine rings is 1. The smallest absolute Gasteiger partial charge is 0.409 e. The predicted octanol–water partition coefficient (Wildman–Crippen LogP) is 3.74. The minimum atomic E-state index is -0.211. The van der Waals surface area contributed by atoms with Crippen LogP contribution in [0.1, 0.15) is 32.3 Å². The Balaban J connectivity index is 0.00000338. The van der Waals surface area contributed by atoms with E-state index in [1.807, 2.05) is 19.1 Å². The minimum Gasteiger partial charge on any atom is -0.450 e. The van der Waals surface area contributed by atoms with Gasteiger partial charge in [0.2, 0.25) is 0 Å². The summed E-state index contributed by atoms with van der Waals surface area (Å²) in [7, 11) is 0. The molecule has 1 aliphatic heterocycles. The van der Waals surface area contributed by atoms with E-state index in [9.17, 15) is 4.79 Å². The zero-order chi connectivity index (χ0) is 18.1. The Kier molecular flexibility index (Phi) is 11.0. The Hall–Kier alpha value is -1.03. The molecule has 0 unspecified atom stereocenters. The van der Waals surface area contributed by atoms with Crippen molar-refractivity contribution in [2.24, 2.45) is 4.99 Å². The van der Waals surface area contributed by atoms with E-state index < -0.39 is 0 Å². The SMILES string of the molecule is CCNC(=NCc1ccc(Br)cc1)NC1CCN(C(=O)OCC)CC1.I. The Morgan fingerprint density at radius 3 is 2.50 bits per heavy atom. The third kappa shape index (κ3) is 7.69. The van der Waals surface area contributed by atoms with Gasteiger partial charge in [-0.15, -0.1) is 24.0 Å². The average molecular weight is 539 g/mol.